The molecule has 1 saturated heterocycles. The summed E-state index contributed by atoms with van der Waals surface area (Å²) < 4.78 is 11.0. The van der Waals surface area contributed by atoms with Gasteiger partial charge in [-0.3, -0.25) is 4.79 Å². The third kappa shape index (κ3) is 4.20. The first-order valence-electron chi connectivity index (χ1n) is 8.80. The number of hydrogen-bond acceptors (Lipinski definition) is 5. The quantitative estimate of drug-likeness (QED) is 0.837. The molecule has 2 aromatic rings. The van der Waals surface area contributed by atoms with Crippen LogP contribution in [0.1, 0.15) is 47.7 Å². The number of nitrogens with one attached hydrogen (secondary N) is 1. The Kier molecular flexibility index (Phi) is 5.71. The van der Waals surface area contributed by atoms with Crippen molar-refractivity contribution >= 4 is 11.7 Å². The molecule has 0 aromatic carbocycles. The smallest absolute Gasteiger partial charge is 0.253 e. The molecule has 1 amide bonds. The number of furan rings is 1. The van der Waals surface area contributed by atoms with Crippen molar-refractivity contribution in [3.63, 3.8) is 0 Å². The fraction of sp³-hybridized carbons (Fsp3) is 0.474. The van der Waals surface area contributed by atoms with Gasteiger partial charge in [-0.25, -0.2) is 4.98 Å². The topological polar surface area (TPSA) is 67.6 Å². The Labute approximate surface area is 148 Å². The van der Waals surface area contributed by atoms with E-state index in [2.05, 4.69) is 15.2 Å². The van der Waals surface area contributed by atoms with Crippen LogP contribution >= 0.6 is 0 Å². The lowest BCUT2D eigenvalue weighted by Crippen LogP contribution is -2.31. The Morgan fingerprint density at radius 2 is 2.12 bits per heavy atom. The van der Waals surface area contributed by atoms with Gasteiger partial charge in [0.15, 0.2) is 0 Å². The van der Waals surface area contributed by atoms with Crippen LogP contribution in [-0.2, 0) is 11.2 Å². The van der Waals surface area contributed by atoms with Gasteiger partial charge in [0.25, 0.3) is 5.91 Å². The first-order valence-corrected chi connectivity index (χ1v) is 8.80. The summed E-state index contributed by atoms with van der Waals surface area (Å²) in [5.41, 5.74) is 0.534. The Morgan fingerprint density at radius 1 is 1.32 bits per heavy atom. The van der Waals surface area contributed by atoms with E-state index in [1.54, 1.807) is 13.3 Å². The van der Waals surface area contributed by atoms with E-state index in [0.29, 0.717) is 17.9 Å². The van der Waals surface area contributed by atoms with E-state index >= 15 is 0 Å². The molecule has 0 bridgehead atoms. The van der Waals surface area contributed by atoms with Gasteiger partial charge in [0.2, 0.25) is 0 Å². The number of amides is 1. The van der Waals surface area contributed by atoms with E-state index in [4.69, 9.17) is 9.15 Å². The molecule has 0 aliphatic carbocycles. The highest BCUT2D eigenvalue weighted by molar-refractivity contribution is 5.94. The molecule has 6 heteroatoms. The predicted octanol–water partition coefficient (Wildman–Crippen LogP) is 2.95. The Morgan fingerprint density at radius 3 is 2.72 bits per heavy atom. The van der Waals surface area contributed by atoms with E-state index in [1.807, 2.05) is 31.2 Å². The maximum atomic E-state index is 12.6. The largest absolute Gasteiger partial charge is 0.464 e. The molecule has 3 rings (SSSR count). The Bertz CT molecular complexity index is 690. The van der Waals surface area contributed by atoms with Gasteiger partial charge in [0, 0.05) is 32.8 Å². The number of ether oxygens (including phenoxy) is 1. The zero-order valence-electron chi connectivity index (χ0n) is 14.8. The summed E-state index contributed by atoms with van der Waals surface area (Å²) in [7, 11) is 1.61. The summed E-state index contributed by atoms with van der Waals surface area (Å²) in [5, 5.41) is 2.97. The van der Waals surface area contributed by atoms with Crippen LogP contribution in [0.5, 0.6) is 0 Å². The van der Waals surface area contributed by atoms with Crippen LogP contribution in [0, 0.1) is 0 Å². The van der Waals surface area contributed by atoms with Gasteiger partial charge in [0.1, 0.15) is 23.4 Å². The van der Waals surface area contributed by atoms with Crippen molar-refractivity contribution in [2.75, 3.05) is 31.7 Å². The van der Waals surface area contributed by atoms with Crippen LogP contribution in [0.3, 0.4) is 0 Å². The van der Waals surface area contributed by atoms with Gasteiger partial charge in [-0.2, -0.15) is 0 Å². The second-order valence-corrected chi connectivity index (χ2v) is 6.24. The van der Waals surface area contributed by atoms with E-state index < -0.39 is 0 Å². The molecule has 25 heavy (non-hydrogen) atoms. The molecule has 1 unspecified atom stereocenters. The van der Waals surface area contributed by atoms with Gasteiger partial charge in [0.05, 0.1) is 12.2 Å². The molecular weight excluding hydrogens is 318 g/mol. The zero-order valence-corrected chi connectivity index (χ0v) is 14.8. The highest BCUT2D eigenvalue weighted by atomic mass is 16.5. The minimum Gasteiger partial charge on any atom is -0.464 e. The molecule has 2 aromatic heterocycles. The van der Waals surface area contributed by atoms with Crippen molar-refractivity contribution in [2.24, 2.45) is 0 Å². The summed E-state index contributed by atoms with van der Waals surface area (Å²) in [4.78, 5) is 19.2. The van der Waals surface area contributed by atoms with Crippen molar-refractivity contribution in [3.05, 3.63) is 47.5 Å². The molecular formula is C19H25N3O3. The van der Waals surface area contributed by atoms with Gasteiger partial charge in [-0.15, -0.1) is 0 Å². The van der Waals surface area contributed by atoms with Crippen molar-refractivity contribution in [1.82, 2.24) is 10.3 Å². The van der Waals surface area contributed by atoms with Gasteiger partial charge < -0.3 is 19.4 Å². The number of pyridine rings is 1. The molecule has 3 heterocycles. The van der Waals surface area contributed by atoms with E-state index in [9.17, 15) is 4.79 Å². The molecule has 0 saturated carbocycles. The molecule has 1 aliphatic heterocycles. The number of aryl methyl sites for hydroxylation is 1. The molecule has 0 spiro atoms. The first kappa shape index (κ1) is 17.5. The van der Waals surface area contributed by atoms with Crippen LogP contribution in [0.2, 0.25) is 0 Å². The minimum absolute atomic E-state index is 0.183. The number of carbonyl (C=O) groups excluding carboxylic acids is 1. The summed E-state index contributed by atoms with van der Waals surface area (Å²) in [6.07, 6.45) is 4.85. The number of nitrogens with zero attached hydrogens (tertiary/aromatic N) is 2. The second-order valence-electron chi connectivity index (χ2n) is 6.24. The van der Waals surface area contributed by atoms with E-state index in [-0.39, 0.29) is 11.9 Å². The number of methoxy groups -OCH3 is 1. The van der Waals surface area contributed by atoms with Crippen molar-refractivity contribution in [2.45, 2.75) is 32.2 Å². The number of hydrogen-bond donors (Lipinski definition) is 1. The number of aromatic nitrogens is 1. The normalized spacial score (nSPS) is 15.4. The average molecular weight is 343 g/mol. The highest BCUT2D eigenvalue weighted by Gasteiger charge is 2.20. The third-order valence-electron chi connectivity index (χ3n) is 4.45. The van der Waals surface area contributed by atoms with Crippen LogP contribution < -0.4 is 10.2 Å². The number of rotatable bonds is 7. The second kappa shape index (κ2) is 8.16. The predicted molar refractivity (Wildman–Crippen MR) is 95.9 cm³/mol. The summed E-state index contributed by atoms with van der Waals surface area (Å²) in [6, 6.07) is 7.22. The fourth-order valence-electron chi connectivity index (χ4n) is 3.03. The SMILES string of the molecule is CCc1ccc(C(COC)NC(=O)c2ccc(N3CCCC3)nc2)o1. The van der Waals surface area contributed by atoms with Crippen LogP contribution in [0.25, 0.3) is 0 Å². The first-order chi connectivity index (χ1) is 12.2. The monoisotopic (exact) mass is 343 g/mol. The van der Waals surface area contributed by atoms with Crippen LogP contribution in [-0.4, -0.2) is 37.7 Å². The van der Waals surface area contributed by atoms with Gasteiger partial charge in [-0.05, 0) is 37.1 Å². The molecule has 1 N–H and O–H groups in total. The summed E-state index contributed by atoms with van der Waals surface area (Å²) in [6.45, 7) is 4.45. The summed E-state index contributed by atoms with van der Waals surface area (Å²) >= 11 is 0. The lowest BCUT2D eigenvalue weighted by molar-refractivity contribution is 0.0882. The molecule has 6 nitrogen and oxygen atoms in total. The van der Waals surface area contributed by atoms with Crippen molar-refractivity contribution in [3.8, 4) is 0 Å². The average Bonchev–Trinajstić information content (AvgIpc) is 3.33. The van der Waals surface area contributed by atoms with E-state index in [0.717, 1.165) is 31.1 Å². The molecule has 1 fully saturated rings. The Balaban J connectivity index is 1.68. The van der Waals surface area contributed by atoms with Gasteiger partial charge in [-0.1, -0.05) is 6.92 Å². The van der Waals surface area contributed by atoms with E-state index in [1.165, 1.54) is 12.8 Å². The molecule has 0 radical (unpaired) electrons. The maximum absolute atomic E-state index is 12.6. The summed E-state index contributed by atoms with van der Waals surface area (Å²) in [5.74, 6) is 2.34. The fourth-order valence-corrected chi connectivity index (χ4v) is 3.03. The van der Waals surface area contributed by atoms with Crippen molar-refractivity contribution in [1.29, 1.82) is 0 Å². The standard InChI is InChI=1S/C19H25N3O3/c1-3-15-7-8-17(25-15)16(13-24-2)21-19(23)14-6-9-18(20-12-14)22-10-4-5-11-22/h6-9,12,16H,3-5,10-11,13H2,1-2H3,(H,21,23). The third-order valence-corrected chi connectivity index (χ3v) is 4.45. The number of carbonyl (C=O) groups is 1. The van der Waals surface area contributed by atoms with Crippen LogP contribution in [0.15, 0.2) is 34.9 Å². The van der Waals surface area contributed by atoms with Gasteiger partial charge >= 0.3 is 0 Å². The highest BCUT2D eigenvalue weighted by Crippen LogP contribution is 2.20. The molecule has 1 aliphatic rings. The lowest BCUT2D eigenvalue weighted by atomic mass is 10.2. The molecule has 1 atom stereocenters. The minimum atomic E-state index is -0.323. The Hall–Kier alpha value is -2.34. The van der Waals surface area contributed by atoms with Crippen molar-refractivity contribution < 1.29 is 13.9 Å². The number of anilines is 1. The zero-order chi connectivity index (χ0) is 17.6. The lowest BCUT2D eigenvalue weighted by Gasteiger charge is -2.18. The molecule has 134 valence electrons. The van der Waals surface area contributed by atoms with Crippen LogP contribution in [0.4, 0.5) is 5.82 Å². The maximum Gasteiger partial charge on any atom is 0.253 e.